The molecule has 1 aliphatic rings. The zero-order valence-electron chi connectivity index (χ0n) is 18.7. The van der Waals surface area contributed by atoms with Gasteiger partial charge in [-0.3, -0.25) is 0 Å². The second kappa shape index (κ2) is 10.3. The Bertz CT molecular complexity index is 1200. The summed E-state index contributed by atoms with van der Waals surface area (Å²) in [6.07, 6.45) is 5.17. The zero-order valence-corrected chi connectivity index (χ0v) is 18.7. The molecule has 33 heavy (non-hydrogen) atoms. The van der Waals surface area contributed by atoms with Gasteiger partial charge in [-0.25, -0.2) is 17.6 Å². The topological polar surface area (TPSA) is 0 Å². The normalized spacial score (nSPS) is 15.0. The largest absolute Gasteiger partial charge is 0.207 e. The van der Waals surface area contributed by atoms with E-state index >= 15 is 0 Å². The van der Waals surface area contributed by atoms with E-state index in [9.17, 15) is 17.6 Å². The molecule has 1 atom stereocenters. The summed E-state index contributed by atoms with van der Waals surface area (Å²) in [6, 6.07) is 12.3. The van der Waals surface area contributed by atoms with Crippen LogP contribution < -0.4 is 0 Å². The Balaban J connectivity index is 1.53. The fourth-order valence-electron chi connectivity index (χ4n) is 4.49. The Kier molecular flexibility index (Phi) is 7.18. The van der Waals surface area contributed by atoms with Crippen LogP contribution in [-0.2, 0) is 19.3 Å². The van der Waals surface area contributed by atoms with Gasteiger partial charge in [0.05, 0.1) is 5.56 Å². The Morgan fingerprint density at radius 1 is 0.848 bits per heavy atom. The highest BCUT2D eigenvalue weighted by molar-refractivity contribution is 5.48. The summed E-state index contributed by atoms with van der Waals surface area (Å²) in [7, 11) is 0. The molecule has 0 saturated carbocycles. The highest BCUT2D eigenvalue weighted by Gasteiger charge is 2.26. The van der Waals surface area contributed by atoms with Gasteiger partial charge < -0.3 is 0 Å². The van der Waals surface area contributed by atoms with Crippen LogP contribution in [0, 0.1) is 35.1 Å². The van der Waals surface area contributed by atoms with Crippen LogP contribution in [0.3, 0.4) is 0 Å². The quantitative estimate of drug-likeness (QED) is 0.213. The van der Waals surface area contributed by atoms with Crippen LogP contribution in [0.1, 0.15) is 71.9 Å². The second-order valence-electron chi connectivity index (χ2n) is 8.70. The van der Waals surface area contributed by atoms with E-state index in [4.69, 9.17) is 0 Å². The van der Waals surface area contributed by atoms with Crippen molar-refractivity contribution in [2.75, 3.05) is 0 Å². The van der Waals surface area contributed by atoms with Gasteiger partial charge in [0.15, 0.2) is 11.6 Å². The molecular formula is C29H26F4. The van der Waals surface area contributed by atoms with Crippen LogP contribution in [0.4, 0.5) is 17.6 Å². The third-order valence-corrected chi connectivity index (χ3v) is 6.39. The summed E-state index contributed by atoms with van der Waals surface area (Å²) in [5, 5.41) is 0. The van der Waals surface area contributed by atoms with Crippen molar-refractivity contribution in [2.24, 2.45) is 0 Å². The number of aryl methyl sites for hydroxylation is 2. The molecule has 0 saturated heterocycles. The van der Waals surface area contributed by atoms with Crippen LogP contribution in [0.5, 0.6) is 0 Å². The lowest BCUT2D eigenvalue weighted by atomic mass is 9.79. The van der Waals surface area contributed by atoms with Crippen LogP contribution in [-0.4, -0.2) is 0 Å². The lowest BCUT2D eigenvalue weighted by Crippen LogP contribution is -2.16. The summed E-state index contributed by atoms with van der Waals surface area (Å²) in [4.78, 5) is 0. The maximum absolute atomic E-state index is 14.9. The van der Waals surface area contributed by atoms with Crippen molar-refractivity contribution in [2.45, 2.75) is 57.8 Å². The van der Waals surface area contributed by atoms with E-state index < -0.39 is 17.5 Å². The lowest BCUT2D eigenvalue weighted by Gasteiger charge is -2.26. The van der Waals surface area contributed by atoms with Gasteiger partial charge >= 0.3 is 0 Å². The predicted octanol–water partition coefficient (Wildman–Crippen LogP) is 7.65. The fraction of sp³-hybridized carbons (Fsp3) is 0.310. The van der Waals surface area contributed by atoms with Gasteiger partial charge in [0.2, 0.25) is 0 Å². The number of benzene rings is 3. The summed E-state index contributed by atoms with van der Waals surface area (Å²) in [5.41, 5.74) is 3.47. The van der Waals surface area contributed by atoms with Crippen LogP contribution in [0.15, 0.2) is 48.5 Å². The minimum Gasteiger partial charge on any atom is -0.207 e. The van der Waals surface area contributed by atoms with Gasteiger partial charge in [0.1, 0.15) is 11.6 Å². The highest BCUT2D eigenvalue weighted by Crippen LogP contribution is 2.36. The summed E-state index contributed by atoms with van der Waals surface area (Å²) in [5.74, 6) is 3.20. The van der Waals surface area contributed by atoms with E-state index in [1.54, 1.807) is 30.3 Å². The van der Waals surface area contributed by atoms with E-state index in [2.05, 4.69) is 18.8 Å². The minimum atomic E-state index is -0.764. The molecule has 4 rings (SSSR count). The van der Waals surface area contributed by atoms with Crippen molar-refractivity contribution < 1.29 is 17.6 Å². The van der Waals surface area contributed by atoms with Crippen molar-refractivity contribution in [3.63, 3.8) is 0 Å². The molecule has 0 nitrogen and oxygen atoms in total. The molecule has 0 fully saturated rings. The highest BCUT2D eigenvalue weighted by atomic mass is 19.2. The third-order valence-electron chi connectivity index (χ3n) is 6.39. The molecule has 3 aromatic carbocycles. The first-order valence-corrected chi connectivity index (χ1v) is 11.5. The van der Waals surface area contributed by atoms with Crippen LogP contribution >= 0.6 is 0 Å². The lowest BCUT2D eigenvalue weighted by molar-refractivity contribution is 0.465. The smallest absolute Gasteiger partial charge is 0.162 e. The Morgan fingerprint density at radius 3 is 2.39 bits per heavy atom. The van der Waals surface area contributed by atoms with Gasteiger partial charge in [0, 0.05) is 5.56 Å². The molecule has 3 aromatic rings. The molecule has 0 amide bonds. The third kappa shape index (κ3) is 5.30. The standard InChI is InChI=1S/C29H26F4/c1-2-3-4-5-20-12-15-26(29(33)28(20)32)22-11-10-21-16-23(27(31)18-24(21)17-22)9-6-19-7-13-25(30)14-8-19/h7-8,12-16,18,22H,2-5,10-11,17H2,1H3. The van der Waals surface area contributed by atoms with E-state index in [0.29, 0.717) is 42.4 Å². The Morgan fingerprint density at radius 2 is 1.64 bits per heavy atom. The van der Waals surface area contributed by atoms with Crippen LogP contribution in [0.2, 0.25) is 0 Å². The van der Waals surface area contributed by atoms with Crippen molar-refractivity contribution >= 4 is 0 Å². The number of hydrogen-bond donors (Lipinski definition) is 0. The van der Waals surface area contributed by atoms with Gasteiger partial charge in [0.25, 0.3) is 0 Å². The first-order chi connectivity index (χ1) is 16.0. The summed E-state index contributed by atoms with van der Waals surface area (Å²) < 4.78 is 57.3. The van der Waals surface area contributed by atoms with E-state index in [1.807, 2.05) is 0 Å². The van der Waals surface area contributed by atoms with Crippen molar-refractivity contribution in [3.8, 4) is 11.8 Å². The molecule has 170 valence electrons. The molecule has 0 radical (unpaired) electrons. The zero-order chi connectivity index (χ0) is 23.4. The molecular weight excluding hydrogens is 424 g/mol. The summed E-state index contributed by atoms with van der Waals surface area (Å²) >= 11 is 0. The van der Waals surface area contributed by atoms with E-state index in [0.717, 1.165) is 30.4 Å². The van der Waals surface area contributed by atoms with E-state index in [1.165, 1.54) is 18.2 Å². The second-order valence-corrected chi connectivity index (χ2v) is 8.70. The number of hydrogen-bond acceptors (Lipinski definition) is 0. The predicted molar refractivity (Wildman–Crippen MR) is 123 cm³/mol. The van der Waals surface area contributed by atoms with E-state index in [-0.39, 0.29) is 17.3 Å². The first kappa shape index (κ1) is 23.1. The van der Waals surface area contributed by atoms with Gasteiger partial charge in [-0.05, 0) is 96.7 Å². The Labute approximate surface area is 192 Å². The average Bonchev–Trinajstić information content (AvgIpc) is 2.81. The molecule has 0 N–H and O–H groups in total. The number of rotatable bonds is 5. The molecule has 0 bridgehead atoms. The maximum atomic E-state index is 14.9. The molecule has 0 heterocycles. The number of halogens is 4. The monoisotopic (exact) mass is 450 g/mol. The SMILES string of the molecule is CCCCCc1ccc(C2CCc3cc(C#Cc4ccc(F)cc4)c(F)cc3C2)c(F)c1F. The maximum Gasteiger partial charge on any atom is 0.162 e. The molecule has 4 heteroatoms. The fourth-order valence-corrected chi connectivity index (χ4v) is 4.49. The molecule has 1 aliphatic carbocycles. The van der Waals surface area contributed by atoms with Gasteiger partial charge in [-0.15, -0.1) is 0 Å². The molecule has 0 spiro atoms. The molecule has 0 aliphatic heterocycles. The first-order valence-electron chi connectivity index (χ1n) is 11.5. The number of fused-ring (bicyclic) bond motifs is 1. The summed E-state index contributed by atoms with van der Waals surface area (Å²) in [6.45, 7) is 2.07. The minimum absolute atomic E-state index is 0.188. The van der Waals surface area contributed by atoms with Gasteiger partial charge in [-0.1, -0.05) is 43.7 Å². The average molecular weight is 451 g/mol. The van der Waals surface area contributed by atoms with Crippen LogP contribution in [0.25, 0.3) is 0 Å². The molecule has 0 aromatic heterocycles. The molecule has 1 unspecified atom stereocenters. The Hall–Kier alpha value is -3.06. The van der Waals surface area contributed by atoms with Gasteiger partial charge in [-0.2, -0.15) is 0 Å². The number of unbranched alkanes of at least 4 members (excludes halogenated alkanes) is 2. The van der Waals surface area contributed by atoms with Crippen molar-refractivity contribution in [1.29, 1.82) is 0 Å². The van der Waals surface area contributed by atoms with Crippen molar-refractivity contribution in [3.05, 3.63) is 105 Å². The van der Waals surface area contributed by atoms with Crippen molar-refractivity contribution in [1.82, 2.24) is 0 Å².